The van der Waals surface area contributed by atoms with Gasteiger partial charge in [0.25, 0.3) is 0 Å². The van der Waals surface area contributed by atoms with Gasteiger partial charge in [-0.25, -0.2) is 0 Å². The molecule has 6 heteroatoms. The molecule has 3 nitrogen and oxygen atoms in total. The molecule has 0 aromatic heterocycles. The average molecular weight is 254 g/mol. The zero-order chi connectivity index (χ0) is 13.3. The Balaban J connectivity index is 3.46. The van der Waals surface area contributed by atoms with Crippen molar-refractivity contribution in [3.63, 3.8) is 0 Å². The molecule has 17 heavy (non-hydrogen) atoms. The van der Waals surface area contributed by atoms with Gasteiger partial charge in [-0.15, -0.1) is 0 Å². The highest BCUT2D eigenvalue weighted by Crippen LogP contribution is 2.21. The van der Waals surface area contributed by atoms with E-state index >= 15 is 0 Å². The molecule has 0 saturated heterocycles. The van der Waals surface area contributed by atoms with Crippen molar-refractivity contribution in [1.82, 2.24) is 10.6 Å². The Labute approximate surface area is 100 Å². The monoisotopic (exact) mass is 254 g/mol. The van der Waals surface area contributed by atoms with E-state index in [4.69, 9.17) is 0 Å². The maximum absolute atomic E-state index is 11.8. The maximum Gasteiger partial charge on any atom is 0.389 e. The van der Waals surface area contributed by atoms with E-state index in [0.29, 0.717) is 19.4 Å². The van der Waals surface area contributed by atoms with Crippen LogP contribution in [0.25, 0.3) is 0 Å². The van der Waals surface area contributed by atoms with E-state index in [9.17, 15) is 18.0 Å². The highest BCUT2D eigenvalue weighted by Gasteiger charge is 2.25. The summed E-state index contributed by atoms with van der Waals surface area (Å²) in [5.41, 5.74) is 0. The third kappa shape index (κ3) is 11.5. The van der Waals surface area contributed by atoms with Crippen LogP contribution in [0.4, 0.5) is 13.2 Å². The van der Waals surface area contributed by atoms with Crippen LogP contribution in [0.2, 0.25) is 0 Å². The quantitative estimate of drug-likeness (QED) is 0.652. The highest BCUT2D eigenvalue weighted by atomic mass is 19.4. The first-order valence-electron chi connectivity index (χ1n) is 5.92. The Morgan fingerprint density at radius 3 is 2.47 bits per heavy atom. The molecule has 0 radical (unpaired) electrons. The molecule has 0 bridgehead atoms. The van der Waals surface area contributed by atoms with Crippen LogP contribution in [0.5, 0.6) is 0 Å². The number of carbonyl (C=O) groups excluding carboxylic acids is 1. The molecule has 1 amide bonds. The minimum Gasteiger partial charge on any atom is -0.356 e. The fraction of sp³-hybridized carbons (Fsp3) is 0.909. The molecule has 0 aromatic carbocycles. The molecule has 1 atom stereocenters. The summed E-state index contributed by atoms with van der Waals surface area (Å²) in [5, 5.41) is 5.70. The number of unbranched alkanes of at least 4 members (excludes halogenated alkanes) is 1. The summed E-state index contributed by atoms with van der Waals surface area (Å²) >= 11 is 0. The lowest BCUT2D eigenvalue weighted by Gasteiger charge is -2.12. The van der Waals surface area contributed by atoms with E-state index < -0.39 is 12.6 Å². The van der Waals surface area contributed by atoms with E-state index in [-0.39, 0.29) is 18.4 Å². The Morgan fingerprint density at radius 2 is 1.94 bits per heavy atom. The molecule has 2 N–H and O–H groups in total. The zero-order valence-electron chi connectivity index (χ0n) is 10.4. The minimum atomic E-state index is -4.09. The van der Waals surface area contributed by atoms with Crippen LogP contribution >= 0.6 is 0 Å². The predicted octanol–water partition coefficient (Wildman–Crippen LogP) is 2.22. The van der Waals surface area contributed by atoms with Crippen molar-refractivity contribution >= 4 is 5.91 Å². The Bertz CT molecular complexity index is 219. The molecule has 102 valence electrons. The van der Waals surface area contributed by atoms with E-state index in [1.165, 1.54) is 0 Å². The third-order valence-corrected chi connectivity index (χ3v) is 2.25. The second-order valence-corrected chi connectivity index (χ2v) is 4.09. The fourth-order valence-corrected chi connectivity index (χ4v) is 1.45. The molecule has 0 spiro atoms. The number of carbonyl (C=O) groups is 1. The van der Waals surface area contributed by atoms with Gasteiger partial charge in [0.05, 0.1) is 0 Å². The minimum absolute atomic E-state index is 0.0620. The van der Waals surface area contributed by atoms with Gasteiger partial charge in [-0.3, -0.25) is 4.79 Å². The molecular formula is C11H21F3N2O. The van der Waals surface area contributed by atoms with Crippen molar-refractivity contribution in [1.29, 1.82) is 0 Å². The van der Waals surface area contributed by atoms with Crippen molar-refractivity contribution in [2.45, 2.75) is 51.7 Å². The Kier molecular flexibility index (Phi) is 7.95. The van der Waals surface area contributed by atoms with Gasteiger partial charge >= 0.3 is 6.18 Å². The molecule has 0 aromatic rings. The predicted molar refractivity (Wildman–Crippen MR) is 60.7 cm³/mol. The fourth-order valence-electron chi connectivity index (χ4n) is 1.45. The average Bonchev–Trinajstić information content (AvgIpc) is 2.15. The van der Waals surface area contributed by atoms with Gasteiger partial charge in [0.15, 0.2) is 0 Å². The summed E-state index contributed by atoms with van der Waals surface area (Å²) < 4.78 is 35.4. The normalized spacial score (nSPS) is 13.5. The zero-order valence-corrected chi connectivity index (χ0v) is 10.4. The first-order chi connectivity index (χ1) is 7.85. The van der Waals surface area contributed by atoms with E-state index in [0.717, 1.165) is 6.54 Å². The molecule has 0 aliphatic heterocycles. The molecule has 0 aliphatic carbocycles. The highest BCUT2D eigenvalue weighted by molar-refractivity contribution is 5.76. The number of alkyl halides is 3. The third-order valence-electron chi connectivity index (χ3n) is 2.25. The largest absolute Gasteiger partial charge is 0.389 e. The summed E-state index contributed by atoms with van der Waals surface area (Å²) in [6, 6.07) is 0.0928. The van der Waals surface area contributed by atoms with Gasteiger partial charge in [-0.2, -0.15) is 13.2 Å². The van der Waals surface area contributed by atoms with Gasteiger partial charge in [-0.05, 0) is 26.3 Å². The molecule has 0 saturated carbocycles. The standard InChI is InChI=1S/C11H21F3N2O/c1-3-15-9(2)8-10(17)16-7-5-4-6-11(12,13)14/h9,15H,3-8H2,1-2H3,(H,16,17). The number of hydrogen-bond acceptors (Lipinski definition) is 2. The van der Waals surface area contributed by atoms with Crippen molar-refractivity contribution < 1.29 is 18.0 Å². The van der Waals surface area contributed by atoms with Crippen molar-refractivity contribution in [3.8, 4) is 0 Å². The SMILES string of the molecule is CCNC(C)CC(=O)NCCCCC(F)(F)F. The lowest BCUT2D eigenvalue weighted by molar-refractivity contribution is -0.135. The summed E-state index contributed by atoms with van der Waals surface area (Å²) in [5.74, 6) is -0.120. The van der Waals surface area contributed by atoms with Gasteiger partial charge in [0.1, 0.15) is 0 Å². The summed E-state index contributed by atoms with van der Waals surface area (Å²) in [7, 11) is 0. The molecular weight excluding hydrogens is 233 g/mol. The van der Waals surface area contributed by atoms with Gasteiger partial charge in [0, 0.05) is 25.4 Å². The van der Waals surface area contributed by atoms with Crippen LogP contribution in [0, 0.1) is 0 Å². The van der Waals surface area contributed by atoms with E-state index in [2.05, 4.69) is 10.6 Å². The second kappa shape index (κ2) is 8.33. The number of amides is 1. The van der Waals surface area contributed by atoms with Crippen LogP contribution in [-0.4, -0.2) is 31.2 Å². The van der Waals surface area contributed by atoms with Crippen molar-refractivity contribution in [3.05, 3.63) is 0 Å². The summed E-state index contributed by atoms with van der Waals surface area (Å²) in [6.45, 7) is 4.95. The molecule has 0 aliphatic rings. The first kappa shape index (κ1) is 16.2. The number of nitrogens with one attached hydrogen (secondary N) is 2. The summed E-state index contributed by atoms with van der Waals surface area (Å²) in [4.78, 5) is 11.3. The van der Waals surface area contributed by atoms with Crippen molar-refractivity contribution in [2.75, 3.05) is 13.1 Å². The Hall–Kier alpha value is -0.780. The molecule has 1 unspecified atom stereocenters. The van der Waals surface area contributed by atoms with Crippen LogP contribution in [-0.2, 0) is 4.79 Å². The first-order valence-corrected chi connectivity index (χ1v) is 5.92. The van der Waals surface area contributed by atoms with E-state index in [1.54, 1.807) is 0 Å². The van der Waals surface area contributed by atoms with Gasteiger partial charge in [-0.1, -0.05) is 6.92 Å². The lowest BCUT2D eigenvalue weighted by Crippen LogP contribution is -2.34. The Morgan fingerprint density at radius 1 is 1.29 bits per heavy atom. The smallest absolute Gasteiger partial charge is 0.356 e. The van der Waals surface area contributed by atoms with Crippen LogP contribution in [0.3, 0.4) is 0 Å². The van der Waals surface area contributed by atoms with Gasteiger partial charge < -0.3 is 10.6 Å². The maximum atomic E-state index is 11.8. The van der Waals surface area contributed by atoms with Crippen LogP contribution < -0.4 is 10.6 Å². The van der Waals surface area contributed by atoms with E-state index in [1.807, 2.05) is 13.8 Å². The number of halogens is 3. The van der Waals surface area contributed by atoms with Crippen LogP contribution in [0.15, 0.2) is 0 Å². The molecule has 0 fully saturated rings. The van der Waals surface area contributed by atoms with Crippen molar-refractivity contribution in [2.24, 2.45) is 0 Å². The number of rotatable bonds is 8. The van der Waals surface area contributed by atoms with Crippen LogP contribution in [0.1, 0.15) is 39.5 Å². The number of hydrogen-bond donors (Lipinski definition) is 2. The molecule has 0 heterocycles. The second-order valence-electron chi connectivity index (χ2n) is 4.09. The topological polar surface area (TPSA) is 41.1 Å². The molecule has 0 rings (SSSR count). The summed E-state index contributed by atoms with van der Waals surface area (Å²) in [6.07, 6.45) is -4.10. The lowest BCUT2D eigenvalue weighted by atomic mass is 10.2. The van der Waals surface area contributed by atoms with Gasteiger partial charge in [0.2, 0.25) is 5.91 Å².